The molecule has 1 amide bonds. The molecule has 0 unspecified atom stereocenters. The number of H-pyrrole nitrogens is 1. The quantitative estimate of drug-likeness (QED) is 0.385. The third kappa shape index (κ3) is 4.90. The first-order chi connectivity index (χ1) is 17.0. The molecule has 2 atom stereocenters. The first-order valence-corrected chi connectivity index (χ1v) is 12.6. The Morgan fingerprint density at radius 2 is 1.94 bits per heavy atom. The Labute approximate surface area is 221 Å². The number of anilines is 1. The van der Waals surface area contributed by atoms with Crippen LogP contribution in [0.25, 0.3) is 11.5 Å². The fourth-order valence-electron chi connectivity index (χ4n) is 4.11. The molecule has 1 aliphatic heterocycles. The lowest BCUT2D eigenvalue weighted by atomic mass is 10.0. The third-order valence-electron chi connectivity index (χ3n) is 6.32. The normalized spacial score (nSPS) is 17.9. The summed E-state index contributed by atoms with van der Waals surface area (Å²) < 4.78 is 12.6. The summed E-state index contributed by atoms with van der Waals surface area (Å²) in [7, 11) is 3.41. The molecular weight excluding hydrogens is 531 g/mol. The number of amides is 1. The summed E-state index contributed by atoms with van der Waals surface area (Å²) >= 11 is 13.4. The monoisotopic (exact) mass is 556 g/mol. The number of carboxylic acid groups (broad SMARTS) is 1. The molecule has 14 heteroatoms. The predicted octanol–water partition coefficient (Wildman–Crippen LogP) is 4.18. The molecule has 36 heavy (non-hydrogen) atoms. The van der Waals surface area contributed by atoms with E-state index in [0.29, 0.717) is 46.9 Å². The van der Waals surface area contributed by atoms with Crippen LogP contribution in [0.5, 0.6) is 5.06 Å². The minimum Gasteiger partial charge on any atom is -0.449 e. The number of ether oxygens (including phenoxy) is 2. The van der Waals surface area contributed by atoms with E-state index < -0.39 is 6.16 Å². The summed E-state index contributed by atoms with van der Waals surface area (Å²) in [5, 5.41) is 13.4. The van der Waals surface area contributed by atoms with Crippen molar-refractivity contribution < 1.29 is 24.2 Å². The molecule has 3 aromatic rings. The van der Waals surface area contributed by atoms with Crippen molar-refractivity contribution in [2.24, 2.45) is 7.05 Å². The van der Waals surface area contributed by atoms with E-state index in [0.717, 1.165) is 22.7 Å². The number of nitrogens with one attached hydrogen (secondary N) is 2. The molecule has 0 spiro atoms. The fourth-order valence-corrected chi connectivity index (χ4v) is 5.47. The van der Waals surface area contributed by atoms with E-state index in [1.165, 1.54) is 0 Å². The number of hydrogen-bond donors (Lipinski definition) is 3. The number of piperidine rings is 1. The molecule has 0 aliphatic carbocycles. The maximum absolute atomic E-state index is 12.8. The van der Waals surface area contributed by atoms with Crippen LogP contribution in [0.4, 0.5) is 9.93 Å². The van der Waals surface area contributed by atoms with Gasteiger partial charge >= 0.3 is 6.16 Å². The molecule has 0 saturated carbocycles. The van der Waals surface area contributed by atoms with Crippen LogP contribution in [-0.4, -0.2) is 69.0 Å². The van der Waals surface area contributed by atoms with Crippen LogP contribution in [0.15, 0.2) is 0 Å². The Morgan fingerprint density at radius 1 is 1.22 bits per heavy atom. The number of nitrogens with zero attached hydrogens (tertiary/aromatic N) is 4. The van der Waals surface area contributed by atoms with Crippen molar-refractivity contribution in [3.8, 4) is 16.6 Å². The van der Waals surface area contributed by atoms with E-state index in [2.05, 4.69) is 15.3 Å². The number of aryl methyl sites for hydroxylation is 2. The maximum Gasteiger partial charge on any atom is 0.512 e. The Balaban J connectivity index is 1.55. The van der Waals surface area contributed by atoms with Gasteiger partial charge in [0.1, 0.15) is 5.69 Å². The average molecular weight is 557 g/mol. The molecule has 1 aliphatic rings. The van der Waals surface area contributed by atoms with E-state index in [4.69, 9.17) is 37.7 Å². The maximum atomic E-state index is 12.8. The number of rotatable bonds is 6. The molecule has 1 saturated heterocycles. The van der Waals surface area contributed by atoms with Crippen LogP contribution in [-0.2, 0) is 11.8 Å². The zero-order chi connectivity index (χ0) is 26.3. The summed E-state index contributed by atoms with van der Waals surface area (Å²) in [6.07, 6.45) is -1.23. The molecule has 0 bridgehead atoms. The highest BCUT2D eigenvalue weighted by molar-refractivity contribution is 7.18. The number of hydrogen-bond acceptors (Lipinski definition) is 8. The van der Waals surface area contributed by atoms with Gasteiger partial charge < -0.3 is 34.3 Å². The molecule has 3 N–H and O–H groups in total. The van der Waals surface area contributed by atoms with Crippen LogP contribution in [0.1, 0.15) is 34.0 Å². The summed E-state index contributed by atoms with van der Waals surface area (Å²) in [6.45, 7) is 6.50. The van der Waals surface area contributed by atoms with Crippen LogP contribution in [0, 0.1) is 20.8 Å². The van der Waals surface area contributed by atoms with Gasteiger partial charge in [-0.25, -0.2) is 14.8 Å². The van der Waals surface area contributed by atoms with Gasteiger partial charge in [0, 0.05) is 38.6 Å². The Hall–Kier alpha value is -2.80. The zero-order valence-corrected chi connectivity index (χ0v) is 22.6. The Kier molecular flexibility index (Phi) is 7.51. The lowest BCUT2D eigenvalue weighted by Gasteiger charge is -2.37. The van der Waals surface area contributed by atoms with Crippen molar-refractivity contribution >= 4 is 51.7 Å². The van der Waals surface area contributed by atoms with E-state index >= 15 is 0 Å². The van der Waals surface area contributed by atoms with Gasteiger partial charge in [0.25, 0.3) is 5.91 Å². The third-order valence-corrected chi connectivity index (χ3v) is 8.27. The van der Waals surface area contributed by atoms with Crippen molar-refractivity contribution in [1.82, 2.24) is 24.8 Å². The number of halogens is 2. The number of aromatic amines is 1. The van der Waals surface area contributed by atoms with Gasteiger partial charge in [0.05, 0.1) is 27.9 Å². The second kappa shape index (κ2) is 10.3. The van der Waals surface area contributed by atoms with Crippen molar-refractivity contribution in [2.45, 2.75) is 39.3 Å². The van der Waals surface area contributed by atoms with Gasteiger partial charge in [-0.2, -0.15) is 0 Å². The molecule has 4 heterocycles. The first kappa shape index (κ1) is 26.3. The second-order valence-electron chi connectivity index (χ2n) is 8.51. The van der Waals surface area contributed by atoms with Crippen molar-refractivity contribution in [1.29, 1.82) is 0 Å². The second-order valence-corrected chi connectivity index (χ2v) is 10.2. The summed E-state index contributed by atoms with van der Waals surface area (Å²) in [5.74, 6) is 0.149. The van der Waals surface area contributed by atoms with Gasteiger partial charge in [0.2, 0.25) is 5.06 Å². The minimum absolute atomic E-state index is 0.142. The number of aromatic nitrogens is 4. The highest BCUT2D eigenvalue weighted by Gasteiger charge is 2.34. The molecule has 11 nitrogen and oxygen atoms in total. The standard InChI is InChI=1S/C22H26Cl2N6O5S/c1-9-11(3)29(4)18(26-9)17-20(35-22(32)33)36-21(28-17)30-7-6-12(13(8-30)34-5)27-19(31)16-15(24)14(23)10(2)25-16/h12-13,25H,6-8H2,1-5H3,(H,27,31)(H,32,33)/t12-,13+/m1/s1. The highest BCUT2D eigenvalue weighted by Crippen LogP contribution is 2.40. The smallest absolute Gasteiger partial charge is 0.449 e. The number of imidazole rings is 1. The fraction of sp³-hybridized carbons (Fsp3) is 0.455. The highest BCUT2D eigenvalue weighted by atomic mass is 35.5. The molecule has 0 radical (unpaired) electrons. The molecular formula is C22H26Cl2N6O5S. The molecule has 194 valence electrons. The first-order valence-electron chi connectivity index (χ1n) is 11.1. The summed E-state index contributed by atoms with van der Waals surface area (Å²) in [5.41, 5.74) is 2.93. The Bertz CT molecular complexity index is 1320. The minimum atomic E-state index is -1.43. The van der Waals surface area contributed by atoms with Crippen LogP contribution >= 0.6 is 34.5 Å². The van der Waals surface area contributed by atoms with Crippen LogP contribution in [0.2, 0.25) is 10.0 Å². The molecule has 3 aromatic heterocycles. The predicted molar refractivity (Wildman–Crippen MR) is 137 cm³/mol. The lowest BCUT2D eigenvalue weighted by molar-refractivity contribution is 0.0540. The lowest BCUT2D eigenvalue weighted by Crippen LogP contribution is -2.55. The largest absolute Gasteiger partial charge is 0.512 e. The molecule has 4 rings (SSSR count). The van der Waals surface area contributed by atoms with E-state index in [1.54, 1.807) is 14.0 Å². The van der Waals surface area contributed by atoms with Gasteiger partial charge in [0.15, 0.2) is 16.6 Å². The van der Waals surface area contributed by atoms with E-state index in [1.807, 2.05) is 30.4 Å². The van der Waals surface area contributed by atoms with Crippen LogP contribution in [0.3, 0.4) is 0 Å². The number of carbonyl (C=O) groups excluding carboxylic acids is 1. The Morgan fingerprint density at radius 3 is 2.50 bits per heavy atom. The van der Waals surface area contributed by atoms with Gasteiger partial charge in [-0.1, -0.05) is 34.5 Å². The SMILES string of the molecule is CO[C@H]1CN(c2nc(-c3nc(C)c(C)n3C)c(OC(=O)O)s2)CC[C@H]1NC(=O)c1[nH]c(C)c(Cl)c1Cl. The van der Waals surface area contributed by atoms with E-state index in [9.17, 15) is 14.7 Å². The van der Waals surface area contributed by atoms with Crippen molar-refractivity contribution in [3.63, 3.8) is 0 Å². The van der Waals surface area contributed by atoms with Crippen molar-refractivity contribution in [3.05, 3.63) is 32.8 Å². The number of methoxy groups -OCH3 is 1. The van der Waals surface area contributed by atoms with E-state index in [-0.39, 0.29) is 33.8 Å². The topological polar surface area (TPSA) is 135 Å². The molecule has 0 aromatic carbocycles. The summed E-state index contributed by atoms with van der Waals surface area (Å²) in [6, 6.07) is -0.286. The van der Waals surface area contributed by atoms with Crippen LogP contribution < -0.4 is 15.0 Å². The number of thiazole rings is 1. The molecule has 1 fully saturated rings. The zero-order valence-electron chi connectivity index (χ0n) is 20.3. The number of carbonyl (C=O) groups is 2. The summed E-state index contributed by atoms with van der Waals surface area (Å²) in [4.78, 5) is 38.3. The van der Waals surface area contributed by atoms with Gasteiger partial charge in [-0.3, -0.25) is 4.79 Å². The van der Waals surface area contributed by atoms with Gasteiger partial charge in [-0.05, 0) is 27.2 Å². The van der Waals surface area contributed by atoms with Gasteiger partial charge in [-0.15, -0.1) is 0 Å². The van der Waals surface area contributed by atoms with Crippen molar-refractivity contribution in [2.75, 3.05) is 25.1 Å². The average Bonchev–Trinajstić information content (AvgIpc) is 3.45.